The molecule has 0 saturated carbocycles. The van der Waals surface area contributed by atoms with Crippen molar-refractivity contribution in [3.05, 3.63) is 137 Å². The van der Waals surface area contributed by atoms with Crippen LogP contribution in [0.15, 0.2) is 109 Å². The number of hydrogen-bond acceptors (Lipinski definition) is 7. The number of amides is 3. The number of anilines is 2. The molecule has 0 aliphatic carbocycles. The summed E-state index contributed by atoms with van der Waals surface area (Å²) >= 11 is 0. The minimum absolute atomic E-state index is 0.0214. The molecule has 0 unspecified atom stereocenters. The molecule has 0 aromatic heterocycles. The van der Waals surface area contributed by atoms with Gasteiger partial charge < -0.3 is 28.9 Å². The standard InChI is InChI=1S/C55H76N6O4Si/c1-43(62)58-34-36-59(37-35-58)50-27-20-47(21-28-50)42-61(52(63)29-22-44-16-23-48(24-17-44)54(2,3)4)51(40-45-14-12-11-13-15-45)53(64)60-32-30-57(31-33-60)41-46-18-25-49(26-19-46)56(8)38-39-65-66(9,10)55(5,6)7/h11-29,51H,30-42H2,1-10H3/t51-/m0/s1. The maximum atomic E-state index is 15.0. The molecule has 6 rings (SSSR count). The van der Waals surface area contributed by atoms with Crippen LogP contribution in [0.3, 0.4) is 0 Å². The largest absolute Gasteiger partial charge is 0.415 e. The van der Waals surface area contributed by atoms with Crippen LogP contribution in [0.5, 0.6) is 0 Å². The third-order valence-corrected chi connectivity index (χ3v) is 18.5. The number of carbonyl (C=O) groups is 3. The number of benzene rings is 4. The smallest absolute Gasteiger partial charge is 0.247 e. The molecule has 10 nitrogen and oxygen atoms in total. The first-order valence-corrected chi connectivity index (χ1v) is 26.9. The van der Waals surface area contributed by atoms with Gasteiger partial charge in [0, 0.05) is 110 Å². The second kappa shape index (κ2) is 22.0. The highest BCUT2D eigenvalue weighted by Crippen LogP contribution is 2.36. The Morgan fingerprint density at radius 3 is 1.88 bits per heavy atom. The Morgan fingerprint density at radius 2 is 1.30 bits per heavy atom. The third kappa shape index (κ3) is 13.7. The van der Waals surface area contributed by atoms with Crippen LogP contribution in [0.1, 0.15) is 76.3 Å². The van der Waals surface area contributed by atoms with E-state index in [-0.39, 0.29) is 34.7 Å². The number of carbonyl (C=O) groups excluding carboxylic acids is 3. The number of rotatable bonds is 16. The second-order valence-corrected chi connectivity index (χ2v) is 25.6. The lowest BCUT2D eigenvalue weighted by Crippen LogP contribution is -2.56. The maximum absolute atomic E-state index is 15.0. The summed E-state index contributed by atoms with van der Waals surface area (Å²) in [7, 11) is 0.336. The molecular weight excluding hydrogens is 837 g/mol. The minimum atomic E-state index is -1.79. The Kier molecular flexibility index (Phi) is 16.8. The Bertz CT molecular complexity index is 2220. The van der Waals surface area contributed by atoms with E-state index in [0.29, 0.717) is 39.2 Å². The van der Waals surface area contributed by atoms with E-state index >= 15 is 0 Å². The van der Waals surface area contributed by atoms with Gasteiger partial charge in [-0.3, -0.25) is 19.3 Å². The van der Waals surface area contributed by atoms with Crippen molar-refractivity contribution in [2.45, 2.75) is 97.6 Å². The van der Waals surface area contributed by atoms with Crippen LogP contribution in [0.2, 0.25) is 18.1 Å². The zero-order valence-electron chi connectivity index (χ0n) is 41.6. The molecule has 66 heavy (non-hydrogen) atoms. The minimum Gasteiger partial charge on any atom is -0.415 e. The van der Waals surface area contributed by atoms with E-state index in [9.17, 15) is 14.4 Å². The summed E-state index contributed by atoms with van der Waals surface area (Å²) < 4.78 is 6.43. The summed E-state index contributed by atoms with van der Waals surface area (Å²) in [6, 6.07) is 34.8. The fourth-order valence-corrected chi connectivity index (χ4v) is 9.42. The zero-order chi connectivity index (χ0) is 47.6. The molecule has 2 saturated heterocycles. The van der Waals surface area contributed by atoms with Gasteiger partial charge in [-0.1, -0.05) is 120 Å². The lowest BCUT2D eigenvalue weighted by atomic mass is 9.87. The number of piperazine rings is 2. The monoisotopic (exact) mass is 913 g/mol. The molecule has 4 aromatic carbocycles. The highest BCUT2D eigenvalue weighted by molar-refractivity contribution is 6.74. The zero-order valence-corrected chi connectivity index (χ0v) is 42.6. The highest BCUT2D eigenvalue weighted by atomic mass is 28.4. The van der Waals surface area contributed by atoms with Gasteiger partial charge in [0.1, 0.15) is 6.04 Å². The molecule has 0 bridgehead atoms. The summed E-state index contributed by atoms with van der Waals surface area (Å²) in [5.74, 6) is -0.125. The van der Waals surface area contributed by atoms with Crippen LogP contribution in [0.25, 0.3) is 6.08 Å². The number of nitrogens with zero attached hydrogens (tertiary/aromatic N) is 6. The van der Waals surface area contributed by atoms with Crippen LogP contribution in [-0.2, 0) is 43.7 Å². The van der Waals surface area contributed by atoms with E-state index in [1.807, 2.05) is 46.2 Å². The van der Waals surface area contributed by atoms with Crippen LogP contribution in [0.4, 0.5) is 11.4 Å². The lowest BCUT2D eigenvalue weighted by molar-refractivity contribution is -0.145. The van der Waals surface area contributed by atoms with Crippen molar-refractivity contribution in [2.75, 3.05) is 82.4 Å². The molecule has 0 N–H and O–H groups in total. The average Bonchev–Trinajstić information content (AvgIpc) is 3.29. The predicted molar refractivity (Wildman–Crippen MR) is 274 cm³/mol. The summed E-state index contributed by atoms with van der Waals surface area (Å²) in [5, 5.41) is 0.192. The van der Waals surface area contributed by atoms with Gasteiger partial charge in [0.25, 0.3) is 0 Å². The van der Waals surface area contributed by atoms with Gasteiger partial charge in [-0.05, 0) is 81.7 Å². The first-order valence-electron chi connectivity index (χ1n) is 24.0. The van der Waals surface area contributed by atoms with Crippen molar-refractivity contribution in [2.24, 2.45) is 0 Å². The quantitative estimate of drug-likeness (QED) is 0.0820. The van der Waals surface area contributed by atoms with Crippen molar-refractivity contribution < 1.29 is 18.8 Å². The van der Waals surface area contributed by atoms with Crippen LogP contribution in [-0.4, -0.2) is 124 Å². The van der Waals surface area contributed by atoms with Crippen molar-refractivity contribution in [1.29, 1.82) is 0 Å². The van der Waals surface area contributed by atoms with Crippen LogP contribution in [0, 0.1) is 0 Å². The van der Waals surface area contributed by atoms with E-state index in [0.717, 1.165) is 61.6 Å². The van der Waals surface area contributed by atoms with Crippen molar-refractivity contribution in [1.82, 2.24) is 19.6 Å². The number of likely N-dealkylation sites (N-methyl/N-ethyl adjacent to an activating group) is 1. The second-order valence-electron chi connectivity index (χ2n) is 20.8. The van der Waals surface area contributed by atoms with Gasteiger partial charge >= 0.3 is 0 Å². The molecule has 3 amide bonds. The van der Waals surface area contributed by atoms with E-state index < -0.39 is 14.4 Å². The van der Waals surface area contributed by atoms with Crippen molar-refractivity contribution in [3.8, 4) is 0 Å². The molecule has 354 valence electrons. The van der Waals surface area contributed by atoms with Crippen LogP contribution >= 0.6 is 0 Å². The average molecular weight is 913 g/mol. The SMILES string of the molecule is CC(=O)N1CCN(c2ccc(CN(C(=O)C=Cc3ccc(C(C)(C)C)cc3)[C@@H](Cc3ccccc3)C(=O)N3CCN(Cc4ccc(N(C)CCO[Si](C)(C)C(C)(C)C)cc4)CC3)cc2)CC1. The Balaban J connectivity index is 1.16. The molecule has 1 atom stereocenters. The molecule has 2 aliphatic rings. The summed E-state index contributed by atoms with van der Waals surface area (Å²) in [5.41, 5.74) is 7.63. The molecule has 11 heteroatoms. The van der Waals surface area contributed by atoms with Crippen molar-refractivity contribution in [3.63, 3.8) is 0 Å². The maximum Gasteiger partial charge on any atom is 0.247 e. The van der Waals surface area contributed by atoms with E-state index in [1.165, 1.54) is 16.8 Å². The van der Waals surface area contributed by atoms with E-state index in [1.54, 1.807) is 17.9 Å². The molecule has 2 fully saturated rings. The summed E-state index contributed by atoms with van der Waals surface area (Å²) in [4.78, 5) is 54.1. The third-order valence-electron chi connectivity index (χ3n) is 14.0. The molecule has 2 heterocycles. The fourth-order valence-electron chi connectivity index (χ4n) is 8.39. The Labute approximate surface area is 397 Å². The van der Waals surface area contributed by atoms with Gasteiger partial charge in [-0.25, -0.2) is 0 Å². The highest BCUT2D eigenvalue weighted by Gasteiger charge is 2.37. The normalized spacial score (nSPS) is 15.8. The Hall–Kier alpha value is -5.23. The van der Waals surface area contributed by atoms with Gasteiger partial charge in [0.2, 0.25) is 17.7 Å². The predicted octanol–water partition coefficient (Wildman–Crippen LogP) is 9.11. The molecule has 4 aromatic rings. The molecular formula is C55H76N6O4Si. The molecule has 2 aliphatic heterocycles. The first kappa shape index (κ1) is 50.2. The first-order chi connectivity index (χ1) is 31.3. The topological polar surface area (TPSA) is 79.9 Å². The molecule has 0 radical (unpaired) electrons. The molecule has 0 spiro atoms. The van der Waals surface area contributed by atoms with Crippen molar-refractivity contribution >= 4 is 43.5 Å². The van der Waals surface area contributed by atoms with Crippen LogP contribution < -0.4 is 9.80 Å². The van der Waals surface area contributed by atoms with E-state index in [4.69, 9.17) is 4.43 Å². The Morgan fingerprint density at radius 1 is 0.712 bits per heavy atom. The van der Waals surface area contributed by atoms with Gasteiger partial charge in [-0.15, -0.1) is 0 Å². The van der Waals surface area contributed by atoms with Gasteiger partial charge in [0.05, 0.1) is 6.61 Å². The van der Waals surface area contributed by atoms with Gasteiger partial charge in [-0.2, -0.15) is 0 Å². The van der Waals surface area contributed by atoms with Gasteiger partial charge in [0.15, 0.2) is 8.32 Å². The van der Waals surface area contributed by atoms with E-state index in [2.05, 4.69) is 149 Å². The summed E-state index contributed by atoms with van der Waals surface area (Å²) in [6.07, 6.45) is 3.90. The lowest BCUT2D eigenvalue weighted by Gasteiger charge is -2.39. The summed E-state index contributed by atoms with van der Waals surface area (Å²) in [6.45, 7) is 27.9. The fraction of sp³-hybridized carbons (Fsp3) is 0.473. The number of hydrogen-bond donors (Lipinski definition) is 0.